The number of ether oxygens (including phenoxy) is 1. The molecular formula is C30H36FN7O4S. The first kappa shape index (κ1) is 30.5. The van der Waals surface area contributed by atoms with Crippen molar-refractivity contribution < 1.29 is 22.3 Å². The fourth-order valence-corrected chi connectivity index (χ4v) is 6.35. The maximum Gasteiger partial charge on any atom is 0.244 e. The van der Waals surface area contributed by atoms with Crippen molar-refractivity contribution in [1.82, 2.24) is 25.2 Å². The molecule has 13 heteroatoms. The molecule has 5 rings (SSSR count). The van der Waals surface area contributed by atoms with Gasteiger partial charge in [-0.05, 0) is 44.5 Å². The van der Waals surface area contributed by atoms with Gasteiger partial charge in [0.25, 0.3) is 0 Å². The van der Waals surface area contributed by atoms with Crippen LogP contribution in [0.4, 0.5) is 21.7 Å². The van der Waals surface area contributed by atoms with Gasteiger partial charge in [-0.2, -0.15) is 0 Å². The maximum atomic E-state index is 15.0. The first-order valence-corrected chi connectivity index (χ1v) is 15.8. The summed E-state index contributed by atoms with van der Waals surface area (Å²) in [4.78, 5) is 27.5. The number of halogens is 1. The summed E-state index contributed by atoms with van der Waals surface area (Å²) < 4.78 is 44.3. The van der Waals surface area contributed by atoms with Crippen molar-refractivity contribution >= 4 is 44.0 Å². The molecule has 1 aliphatic rings. The molecule has 1 aliphatic heterocycles. The number of nitrogens with zero attached hydrogens (tertiary/aromatic N) is 3. The molecular weight excluding hydrogens is 573 g/mol. The fourth-order valence-electron chi connectivity index (χ4n) is 5.59. The van der Waals surface area contributed by atoms with E-state index in [4.69, 9.17) is 4.74 Å². The van der Waals surface area contributed by atoms with Crippen LogP contribution >= 0.6 is 0 Å². The number of carbonyl (C=O) groups excluding carboxylic acids is 1. The molecule has 43 heavy (non-hydrogen) atoms. The van der Waals surface area contributed by atoms with Gasteiger partial charge in [0.15, 0.2) is 15.7 Å². The van der Waals surface area contributed by atoms with Crippen molar-refractivity contribution in [3.8, 4) is 11.3 Å². The number of para-hydroxylation sites is 1. The summed E-state index contributed by atoms with van der Waals surface area (Å²) in [6.07, 6.45) is 4.36. The first-order chi connectivity index (χ1) is 20.5. The van der Waals surface area contributed by atoms with E-state index in [1.165, 1.54) is 18.2 Å². The number of rotatable bonds is 9. The number of benzene rings is 2. The lowest BCUT2D eigenvalue weighted by atomic mass is 10.1. The summed E-state index contributed by atoms with van der Waals surface area (Å²) in [7, 11) is -2.16. The van der Waals surface area contributed by atoms with Crippen molar-refractivity contribution in [2.24, 2.45) is 0 Å². The zero-order valence-electron chi connectivity index (χ0n) is 24.7. The summed E-state index contributed by atoms with van der Waals surface area (Å²) >= 11 is 0. The van der Waals surface area contributed by atoms with E-state index < -0.39 is 26.6 Å². The molecule has 4 aromatic rings. The minimum Gasteiger partial charge on any atom is -0.383 e. The summed E-state index contributed by atoms with van der Waals surface area (Å²) in [5, 5.41) is 10.2. The Hall–Kier alpha value is -3.91. The number of amides is 1. The Balaban J connectivity index is 1.43. The van der Waals surface area contributed by atoms with E-state index in [0.29, 0.717) is 11.4 Å². The molecule has 2 aromatic carbocycles. The number of piperazine rings is 1. The normalized spacial score (nSPS) is 18.5. The van der Waals surface area contributed by atoms with Crippen LogP contribution < -0.4 is 16.0 Å². The molecule has 0 radical (unpaired) electrons. The number of aromatic amines is 1. The van der Waals surface area contributed by atoms with Crippen LogP contribution in [-0.4, -0.2) is 85.4 Å². The van der Waals surface area contributed by atoms with Crippen LogP contribution in [0.15, 0.2) is 53.7 Å². The van der Waals surface area contributed by atoms with Crippen LogP contribution in [-0.2, 0) is 19.4 Å². The third-order valence-corrected chi connectivity index (χ3v) is 8.58. The largest absolute Gasteiger partial charge is 0.383 e. The highest BCUT2D eigenvalue weighted by molar-refractivity contribution is 7.90. The molecule has 3 atom stereocenters. The molecule has 4 N–H and O–H groups in total. The Kier molecular flexibility index (Phi) is 8.79. The number of fused-ring (bicyclic) bond motifs is 1. The molecule has 0 aliphatic carbocycles. The van der Waals surface area contributed by atoms with Crippen LogP contribution in [0.25, 0.3) is 22.2 Å². The second-order valence-electron chi connectivity index (χ2n) is 11.1. The van der Waals surface area contributed by atoms with Gasteiger partial charge < -0.3 is 25.7 Å². The van der Waals surface area contributed by atoms with Gasteiger partial charge in [-0.15, -0.1) is 0 Å². The Labute approximate surface area is 250 Å². The Morgan fingerprint density at radius 1 is 1.16 bits per heavy atom. The topological polar surface area (TPSA) is 141 Å². The summed E-state index contributed by atoms with van der Waals surface area (Å²) in [6.45, 7) is 7.79. The predicted octanol–water partition coefficient (Wildman–Crippen LogP) is 3.86. The highest BCUT2D eigenvalue weighted by Crippen LogP contribution is 2.34. The summed E-state index contributed by atoms with van der Waals surface area (Å²) in [5.41, 5.74) is 3.42. The number of hydrogen-bond acceptors (Lipinski definition) is 9. The van der Waals surface area contributed by atoms with Gasteiger partial charge in [0.2, 0.25) is 11.9 Å². The van der Waals surface area contributed by atoms with Gasteiger partial charge in [0.1, 0.15) is 10.9 Å². The number of sulfone groups is 1. The third-order valence-electron chi connectivity index (χ3n) is 7.46. The number of carbonyl (C=O) groups is 1. The van der Waals surface area contributed by atoms with E-state index in [9.17, 15) is 17.6 Å². The second-order valence-corrected chi connectivity index (χ2v) is 13.0. The number of H-pyrrole nitrogens is 1. The standard InChI is InChI=1S/C30H36FN7O4S/c1-17-12-33-30(36-22-9-7-11-25(26(22)31)43(5,40)41)37-27(17)21-13-32-28-20(21)8-6-10-23(28)35-29(39)24(16-42-4)38-14-18(2)34-19(3)15-38/h6-13,18-19,24,32,34H,14-16H2,1-5H3,(H,35,39)(H,33,36,37)/t18-,19-,24+/m1/s1. The zero-order chi connectivity index (χ0) is 30.9. The average Bonchev–Trinajstić information content (AvgIpc) is 3.37. The van der Waals surface area contributed by atoms with Crippen LogP contribution in [0, 0.1) is 12.7 Å². The van der Waals surface area contributed by atoms with E-state index in [1.54, 1.807) is 19.5 Å². The Morgan fingerprint density at radius 2 is 1.86 bits per heavy atom. The van der Waals surface area contributed by atoms with Gasteiger partial charge in [-0.1, -0.05) is 18.2 Å². The maximum absolute atomic E-state index is 15.0. The number of nitrogens with one attached hydrogen (secondary N) is 4. The lowest BCUT2D eigenvalue weighted by molar-refractivity contribution is -0.124. The van der Waals surface area contributed by atoms with E-state index in [1.807, 2.05) is 25.1 Å². The summed E-state index contributed by atoms with van der Waals surface area (Å²) in [5.74, 6) is -0.958. The first-order valence-electron chi connectivity index (χ1n) is 14.0. The Morgan fingerprint density at radius 3 is 2.56 bits per heavy atom. The fraction of sp³-hybridized carbons (Fsp3) is 0.367. The van der Waals surface area contributed by atoms with Crippen LogP contribution in [0.3, 0.4) is 0 Å². The number of anilines is 3. The van der Waals surface area contributed by atoms with Crippen molar-refractivity contribution in [2.75, 3.05) is 43.7 Å². The molecule has 1 amide bonds. The molecule has 1 fully saturated rings. The monoisotopic (exact) mass is 609 g/mol. The molecule has 2 aromatic heterocycles. The molecule has 228 valence electrons. The van der Waals surface area contributed by atoms with Crippen LogP contribution in [0.2, 0.25) is 0 Å². The van der Waals surface area contributed by atoms with E-state index in [-0.39, 0.29) is 36.2 Å². The predicted molar refractivity (Wildman–Crippen MR) is 165 cm³/mol. The minimum absolute atomic E-state index is 0.0551. The molecule has 0 saturated carbocycles. The van der Waals surface area contributed by atoms with Crippen molar-refractivity contribution in [1.29, 1.82) is 0 Å². The van der Waals surface area contributed by atoms with E-state index in [0.717, 1.165) is 41.4 Å². The van der Waals surface area contributed by atoms with Crippen molar-refractivity contribution in [3.63, 3.8) is 0 Å². The zero-order valence-corrected chi connectivity index (χ0v) is 25.5. The molecule has 1 saturated heterocycles. The number of hydrogen-bond donors (Lipinski definition) is 4. The van der Waals surface area contributed by atoms with Crippen molar-refractivity contribution in [3.05, 3.63) is 60.2 Å². The molecule has 11 nitrogen and oxygen atoms in total. The highest BCUT2D eigenvalue weighted by atomic mass is 32.2. The van der Waals surface area contributed by atoms with Gasteiger partial charge in [0, 0.05) is 61.9 Å². The lowest BCUT2D eigenvalue weighted by Gasteiger charge is -2.39. The molecule has 3 heterocycles. The highest BCUT2D eigenvalue weighted by Gasteiger charge is 2.32. The number of aryl methyl sites for hydroxylation is 1. The van der Waals surface area contributed by atoms with Gasteiger partial charge in [0.05, 0.1) is 29.2 Å². The summed E-state index contributed by atoms with van der Waals surface area (Å²) in [6, 6.07) is 9.75. The van der Waals surface area contributed by atoms with Crippen LogP contribution in [0.1, 0.15) is 19.4 Å². The smallest absolute Gasteiger partial charge is 0.244 e. The van der Waals surface area contributed by atoms with E-state index >= 15 is 0 Å². The second kappa shape index (κ2) is 12.4. The molecule has 0 spiro atoms. The minimum atomic E-state index is -3.76. The number of methoxy groups -OCH3 is 1. The lowest BCUT2D eigenvalue weighted by Crippen LogP contribution is -2.60. The molecule has 0 bridgehead atoms. The van der Waals surface area contributed by atoms with Crippen molar-refractivity contribution in [2.45, 2.75) is 43.8 Å². The Bertz CT molecular complexity index is 1750. The third kappa shape index (κ3) is 6.54. The van der Waals surface area contributed by atoms with Gasteiger partial charge in [-0.3, -0.25) is 9.69 Å². The number of aromatic nitrogens is 3. The van der Waals surface area contributed by atoms with Gasteiger partial charge >= 0.3 is 0 Å². The quantitative estimate of drug-likeness (QED) is 0.223. The molecule has 0 unspecified atom stereocenters. The SMILES string of the molecule is COC[C@@H](C(=O)Nc1cccc2c(-c3nc(Nc4cccc(S(C)(=O)=O)c4F)ncc3C)c[nH]c12)N1C[C@@H](C)N[C@H](C)C1. The average molecular weight is 610 g/mol. The van der Waals surface area contributed by atoms with Crippen LogP contribution in [0.5, 0.6) is 0 Å². The van der Waals surface area contributed by atoms with E-state index in [2.05, 4.69) is 49.6 Å². The van der Waals surface area contributed by atoms with Gasteiger partial charge in [-0.25, -0.2) is 22.8 Å².